The fraction of sp³-hybridized carbons (Fsp3) is 0.385. The number of aromatic nitrogens is 1. The van der Waals surface area contributed by atoms with Gasteiger partial charge in [0.25, 0.3) is 0 Å². The van der Waals surface area contributed by atoms with Gasteiger partial charge in [0.2, 0.25) is 0 Å². The second-order valence-corrected chi connectivity index (χ2v) is 9.21. The molecule has 1 aliphatic heterocycles. The molecular formula is C26H29FN2O4. The zero-order valence-electron chi connectivity index (χ0n) is 19.5. The summed E-state index contributed by atoms with van der Waals surface area (Å²) in [7, 11) is 0. The van der Waals surface area contributed by atoms with Crippen molar-refractivity contribution in [3.63, 3.8) is 0 Å². The number of fused-ring (bicyclic) bond motifs is 3. The van der Waals surface area contributed by atoms with Gasteiger partial charge in [-0.2, -0.15) is 0 Å². The molecule has 3 aromatic rings. The van der Waals surface area contributed by atoms with Gasteiger partial charge >= 0.3 is 12.1 Å². The topological polar surface area (TPSA) is 60.8 Å². The Morgan fingerprint density at radius 3 is 2.48 bits per heavy atom. The van der Waals surface area contributed by atoms with Crippen molar-refractivity contribution in [2.75, 3.05) is 13.2 Å². The summed E-state index contributed by atoms with van der Waals surface area (Å²) in [6.45, 7) is 8.98. The first-order valence-corrected chi connectivity index (χ1v) is 11.2. The summed E-state index contributed by atoms with van der Waals surface area (Å²) in [6, 6.07) is 11.9. The van der Waals surface area contributed by atoms with Gasteiger partial charge in [0.05, 0.1) is 24.2 Å². The van der Waals surface area contributed by atoms with Gasteiger partial charge in [0.1, 0.15) is 11.4 Å². The Morgan fingerprint density at radius 2 is 1.82 bits per heavy atom. The number of nitrogens with zero attached hydrogens (tertiary/aromatic N) is 2. The smallest absolute Gasteiger partial charge is 0.410 e. The van der Waals surface area contributed by atoms with E-state index in [2.05, 4.69) is 4.57 Å². The quantitative estimate of drug-likeness (QED) is 0.504. The molecule has 0 saturated heterocycles. The largest absolute Gasteiger partial charge is 0.462 e. The highest BCUT2D eigenvalue weighted by molar-refractivity contribution is 6.05. The van der Waals surface area contributed by atoms with Crippen molar-refractivity contribution in [3.8, 4) is 0 Å². The zero-order chi connectivity index (χ0) is 23.8. The average molecular weight is 453 g/mol. The second kappa shape index (κ2) is 8.89. The van der Waals surface area contributed by atoms with Crippen molar-refractivity contribution in [2.24, 2.45) is 0 Å². The molecule has 1 aliphatic rings. The molecule has 2 heterocycles. The lowest BCUT2D eigenvalue weighted by atomic mass is 10.0. The third-order valence-electron chi connectivity index (χ3n) is 5.67. The summed E-state index contributed by atoms with van der Waals surface area (Å²) in [4.78, 5) is 27.2. The molecule has 1 amide bonds. The summed E-state index contributed by atoms with van der Waals surface area (Å²) in [5.41, 5.74) is 3.65. The van der Waals surface area contributed by atoms with Crippen LogP contribution in [0, 0.1) is 5.82 Å². The van der Waals surface area contributed by atoms with Crippen molar-refractivity contribution in [1.29, 1.82) is 0 Å². The van der Waals surface area contributed by atoms with E-state index in [1.807, 2.05) is 32.9 Å². The highest BCUT2D eigenvalue weighted by Gasteiger charge is 2.31. The van der Waals surface area contributed by atoms with E-state index in [1.165, 1.54) is 12.1 Å². The van der Waals surface area contributed by atoms with Crippen LogP contribution in [0.15, 0.2) is 42.5 Å². The van der Waals surface area contributed by atoms with E-state index in [9.17, 15) is 14.0 Å². The summed E-state index contributed by atoms with van der Waals surface area (Å²) < 4.78 is 26.5. The molecule has 0 unspecified atom stereocenters. The molecule has 0 N–H and O–H groups in total. The minimum absolute atomic E-state index is 0.278. The number of halogens is 1. The van der Waals surface area contributed by atoms with Crippen molar-refractivity contribution in [1.82, 2.24) is 9.47 Å². The molecule has 0 fully saturated rings. The highest BCUT2D eigenvalue weighted by atomic mass is 19.1. The molecule has 174 valence electrons. The van der Waals surface area contributed by atoms with Gasteiger partial charge in [0.15, 0.2) is 0 Å². The van der Waals surface area contributed by atoms with Gasteiger partial charge in [-0.15, -0.1) is 0 Å². The average Bonchev–Trinajstić information content (AvgIpc) is 3.07. The molecule has 4 rings (SSSR count). The first kappa shape index (κ1) is 22.8. The Kier molecular flexibility index (Phi) is 6.15. The molecule has 2 aromatic carbocycles. The van der Waals surface area contributed by atoms with E-state index in [1.54, 1.807) is 30.0 Å². The first-order valence-electron chi connectivity index (χ1n) is 11.2. The summed E-state index contributed by atoms with van der Waals surface area (Å²) in [6.07, 6.45) is 0.265. The highest BCUT2D eigenvalue weighted by Crippen LogP contribution is 2.34. The normalized spacial score (nSPS) is 13.7. The van der Waals surface area contributed by atoms with Crippen LogP contribution in [0.3, 0.4) is 0 Å². The zero-order valence-corrected chi connectivity index (χ0v) is 19.5. The van der Waals surface area contributed by atoms with Crippen LogP contribution < -0.4 is 0 Å². The molecule has 0 bridgehead atoms. The number of carbonyl (C=O) groups is 2. The van der Waals surface area contributed by atoms with Gasteiger partial charge in [0, 0.05) is 36.2 Å². The fourth-order valence-corrected chi connectivity index (χ4v) is 4.31. The van der Waals surface area contributed by atoms with E-state index in [0.29, 0.717) is 31.6 Å². The molecule has 0 aliphatic carbocycles. The monoisotopic (exact) mass is 452 g/mol. The Labute approximate surface area is 192 Å². The number of para-hydroxylation sites is 1. The molecule has 0 saturated carbocycles. The Balaban J connectivity index is 1.81. The number of carbonyl (C=O) groups excluding carboxylic acids is 2. The van der Waals surface area contributed by atoms with Crippen LogP contribution in [0.2, 0.25) is 0 Å². The van der Waals surface area contributed by atoms with Crippen LogP contribution in [0.1, 0.15) is 54.9 Å². The predicted molar refractivity (Wildman–Crippen MR) is 124 cm³/mol. The number of esters is 1. The van der Waals surface area contributed by atoms with Crippen LogP contribution in [0.4, 0.5) is 9.18 Å². The number of benzene rings is 2. The minimum Gasteiger partial charge on any atom is -0.462 e. The number of rotatable bonds is 4. The Bertz CT molecular complexity index is 1190. The van der Waals surface area contributed by atoms with E-state index < -0.39 is 5.60 Å². The van der Waals surface area contributed by atoms with Crippen LogP contribution in [0.5, 0.6) is 0 Å². The maximum absolute atomic E-state index is 13.5. The van der Waals surface area contributed by atoms with Crippen LogP contribution in [0.25, 0.3) is 10.9 Å². The van der Waals surface area contributed by atoms with Gasteiger partial charge in [-0.25, -0.2) is 14.0 Å². The molecule has 1 aromatic heterocycles. The number of ether oxygens (including phenoxy) is 2. The van der Waals surface area contributed by atoms with E-state index in [4.69, 9.17) is 9.47 Å². The SMILES string of the molecule is CCOC(=O)c1cccc2c3c(n(Cc4ccc(F)cc4)c12)CCN(C(=O)OC(C)(C)C)C3. The maximum Gasteiger partial charge on any atom is 0.410 e. The summed E-state index contributed by atoms with van der Waals surface area (Å²) in [5, 5.41) is 0.908. The molecule has 7 heteroatoms. The van der Waals surface area contributed by atoms with E-state index >= 15 is 0 Å². The fourth-order valence-electron chi connectivity index (χ4n) is 4.31. The van der Waals surface area contributed by atoms with Crippen molar-refractivity contribution >= 4 is 23.0 Å². The van der Waals surface area contributed by atoms with E-state index in [0.717, 1.165) is 27.7 Å². The second-order valence-electron chi connectivity index (χ2n) is 9.21. The van der Waals surface area contributed by atoms with Crippen molar-refractivity contribution in [3.05, 3.63) is 70.7 Å². The number of hydrogen-bond acceptors (Lipinski definition) is 4. The summed E-state index contributed by atoms with van der Waals surface area (Å²) in [5.74, 6) is -0.680. The standard InChI is InChI=1S/C26H29FN2O4/c1-5-32-24(30)20-8-6-7-19-21-16-28(25(31)33-26(2,3)4)14-13-22(21)29(23(19)20)15-17-9-11-18(27)12-10-17/h6-12H,5,13-16H2,1-4H3. The third-order valence-corrected chi connectivity index (χ3v) is 5.67. The van der Waals surface area contributed by atoms with Gasteiger partial charge in [-0.3, -0.25) is 0 Å². The van der Waals surface area contributed by atoms with Crippen LogP contribution in [-0.2, 0) is 29.0 Å². The summed E-state index contributed by atoms with van der Waals surface area (Å²) >= 11 is 0. The maximum atomic E-state index is 13.5. The Hall–Kier alpha value is -3.35. The first-order chi connectivity index (χ1) is 15.7. The van der Waals surface area contributed by atoms with Crippen LogP contribution in [-0.4, -0.2) is 40.3 Å². The predicted octanol–water partition coefficient (Wildman–Crippen LogP) is 5.30. The van der Waals surface area contributed by atoms with Gasteiger partial charge < -0.3 is 18.9 Å². The molecule has 0 spiro atoms. The number of amides is 1. The lowest BCUT2D eigenvalue weighted by Crippen LogP contribution is -2.40. The van der Waals surface area contributed by atoms with E-state index in [-0.39, 0.29) is 24.5 Å². The van der Waals surface area contributed by atoms with Crippen LogP contribution >= 0.6 is 0 Å². The molecule has 6 nitrogen and oxygen atoms in total. The minimum atomic E-state index is -0.578. The van der Waals surface area contributed by atoms with Gasteiger partial charge in [-0.1, -0.05) is 24.3 Å². The lowest BCUT2D eigenvalue weighted by molar-refractivity contribution is 0.0223. The molecular weight excluding hydrogens is 423 g/mol. The molecule has 33 heavy (non-hydrogen) atoms. The van der Waals surface area contributed by atoms with Crippen molar-refractivity contribution < 1.29 is 23.5 Å². The lowest BCUT2D eigenvalue weighted by Gasteiger charge is -2.30. The number of hydrogen-bond donors (Lipinski definition) is 0. The Morgan fingerprint density at radius 1 is 1.09 bits per heavy atom. The molecule has 0 atom stereocenters. The van der Waals surface area contributed by atoms with Crippen molar-refractivity contribution in [2.45, 2.75) is 52.8 Å². The third kappa shape index (κ3) is 4.72. The molecule has 0 radical (unpaired) electrons. The van der Waals surface area contributed by atoms with Gasteiger partial charge in [-0.05, 0) is 51.5 Å².